The number of halogens is 5. The third-order valence-corrected chi connectivity index (χ3v) is 2.95. The van der Waals surface area contributed by atoms with Gasteiger partial charge in [-0.1, -0.05) is 0 Å². The predicted octanol–water partition coefficient (Wildman–Crippen LogP) is 2.50. The van der Waals surface area contributed by atoms with Crippen LogP contribution in [0.1, 0.15) is 6.42 Å². The van der Waals surface area contributed by atoms with Crippen LogP contribution in [0.15, 0.2) is 0 Å². The zero-order valence-electron chi connectivity index (χ0n) is 9.54. The molecular formula is C11H11F5N2. The molecule has 1 saturated heterocycles. The van der Waals surface area contributed by atoms with Gasteiger partial charge in [-0.2, -0.15) is 0 Å². The lowest BCUT2D eigenvalue weighted by atomic mass is 10.2. The number of rotatable bonds is 2. The molecule has 2 rings (SSSR count). The summed E-state index contributed by atoms with van der Waals surface area (Å²) in [5, 5.41) is 2.38. The monoisotopic (exact) mass is 266 g/mol. The lowest BCUT2D eigenvalue weighted by Crippen LogP contribution is -2.25. The quantitative estimate of drug-likeness (QED) is 0.502. The van der Waals surface area contributed by atoms with Gasteiger partial charge in [0.2, 0.25) is 5.82 Å². The second kappa shape index (κ2) is 4.72. The summed E-state index contributed by atoms with van der Waals surface area (Å²) in [4.78, 5) is 1.89. The van der Waals surface area contributed by atoms with Crippen LogP contribution in [0, 0.1) is 29.1 Å². The van der Waals surface area contributed by atoms with Crippen LogP contribution in [0.5, 0.6) is 0 Å². The van der Waals surface area contributed by atoms with E-state index >= 15 is 0 Å². The topological polar surface area (TPSA) is 15.3 Å². The van der Waals surface area contributed by atoms with Crippen molar-refractivity contribution in [3.63, 3.8) is 0 Å². The molecule has 0 spiro atoms. The Morgan fingerprint density at radius 1 is 0.944 bits per heavy atom. The summed E-state index contributed by atoms with van der Waals surface area (Å²) < 4.78 is 65.4. The third kappa shape index (κ3) is 2.14. The summed E-state index contributed by atoms with van der Waals surface area (Å²) in [7, 11) is 1.81. The molecule has 1 aromatic carbocycles. The maximum Gasteiger partial charge on any atom is 0.200 e. The average Bonchev–Trinajstić information content (AvgIpc) is 2.75. The highest BCUT2D eigenvalue weighted by Gasteiger charge is 2.28. The number of anilines is 1. The van der Waals surface area contributed by atoms with Gasteiger partial charge in [0, 0.05) is 12.6 Å². The van der Waals surface area contributed by atoms with Gasteiger partial charge < -0.3 is 10.2 Å². The van der Waals surface area contributed by atoms with E-state index in [4.69, 9.17) is 0 Å². The highest BCUT2D eigenvalue weighted by Crippen LogP contribution is 2.28. The molecule has 0 bridgehead atoms. The summed E-state index contributed by atoms with van der Waals surface area (Å²) in [6.45, 7) is 1.19. The van der Waals surface area contributed by atoms with Crippen molar-refractivity contribution in [3.05, 3.63) is 29.1 Å². The molecule has 1 heterocycles. The number of likely N-dealkylation sites (N-methyl/N-ethyl adjacent to an activating group) is 1. The molecule has 2 nitrogen and oxygen atoms in total. The fourth-order valence-electron chi connectivity index (χ4n) is 1.99. The molecule has 0 aromatic heterocycles. The van der Waals surface area contributed by atoms with Gasteiger partial charge in [-0.25, -0.2) is 22.0 Å². The molecule has 1 aromatic rings. The number of nitrogens with zero attached hydrogens (tertiary/aromatic N) is 1. The summed E-state index contributed by atoms with van der Waals surface area (Å²) in [6, 6.07) is -0.330. The van der Waals surface area contributed by atoms with E-state index in [0.717, 1.165) is 0 Å². The molecular weight excluding hydrogens is 255 g/mol. The molecule has 0 radical (unpaired) electrons. The Hall–Kier alpha value is -1.37. The Bertz CT molecular complexity index is 448. The summed E-state index contributed by atoms with van der Waals surface area (Å²) in [5.74, 6) is -9.63. The Kier molecular flexibility index (Phi) is 3.43. The smallest absolute Gasteiger partial charge is 0.200 e. The Morgan fingerprint density at radius 2 is 1.44 bits per heavy atom. The van der Waals surface area contributed by atoms with Crippen LogP contribution in [-0.2, 0) is 0 Å². The lowest BCUT2D eigenvalue weighted by molar-refractivity contribution is 0.380. The Labute approximate surface area is 100 Å². The molecule has 1 N–H and O–H groups in total. The van der Waals surface area contributed by atoms with Crippen LogP contribution in [-0.4, -0.2) is 31.1 Å². The van der Waals surface area contributed by atoms with E-state index in [-0.39, 0.29) is 6.04 Å². The van der Waals surface area contributed by atoms with Gasteiger partial charge in [-0.15, -0.1) is 0 Å². The minimum atomic E-state index is -2.14. The molecule has 0 aliphatic carbocycles. The number of hydrogen-bond donors (Lipinski definition) is 1. The maximum atomic E-state index is 13.4. The summed E-state index contributed by atoms with van der Waals surface area (Å²) >= 11 is 0. The first-order chi connectivity index (χ1) is 8.41. The zero-order valence-corrected chi connectivity index (χ0v) is 9.54. The highest BCUT2D eigenvalue weighted by molar-refractivity contribution is 5.48. The third-order valence-electron chi connectivity index (χ3n) is 2.95. The van der Waals surface area contributed by atoms with E-state index in [2.05, 4.69) is 5.32 Å². The molecule has 100 valence electrons. The van der Waals surface area contributed by atoms with Gasteiger partial charge in [-0.3, -0.25) is 0 Å². The zero-order chi connectivity index (χ0) is 13.4. The van der Waals surface area contributed by atoms with Crippen molar-refractivity contribution in [1.82, 2.24) is 4.90 Å². The van der Waals surface area contributed by atoms with Gasteiger partial charge in [0.25, 0.3) is 0 Å². The second-order valence-electron chi connectivity index (χ2n) is 4.34. The molecule has 18 heavy (non-hydrogen) atoms. The van der Waals surface area contributed by atoms with E-state index in [0.29, 0.717) is 19.5 Å². The number of nitrogens with one attached hydrogen (secondary N) is 1. The van der Waals surface area contributed by atoms with Gasteiger partial charge in [-0.05, 0) is 20.0 Å². The fourth-order valence-corrected chi connectivity index (χ4v) is 1.99. The Balaban J connectivity index is 2.33. The number of benzene rings is 1. The van der Waals surface area contributed by atoms with E-state index in [1.165, 1.54) is 0 Å². The lowest BCUT2D eigenvalue weighted by Gasteiger charge is -2.16. The standard InChI is InChI=1S/C11H11F5N2/c1-18-3-2-5(4-18)17-11-9(15)7(13)6(12)8(14)10(11)16/h5,17H,2-4H2,1H3. The molecule has 0 amide bonds. The van der Waals surface area contributed by atoms with Crippen molar-refractivity contribution in [2.45, 2.75) is 12.5 Å². The fraction of sp³-hybridized carbons (Fsp3) is 0.455. The van der Waals surface area contributed by atoms with Crippen molar-refractivity contribution >= 4 is 5.69 Å². The van der Waals surface area contributed by atoms with E-state index in [9.17, 15) is 22.0 Å². The first kappa shape index (κ1) is 13.1. The first-order valence-corrected chi connectivity index (χ1v) is 5.38. The SMILES string of the molecule is CN1CCC(Nc2c(F)c(F)c(F)c(F)c2F)C1. The van der Waals surface area contributed by atoms with Crippen molar-refractivity contribution in [2.75, 3.05) is 25.5 Å². The van der Waals surface area contributed by atoms with Crippen molar-refractivity contribution < 1.29 is 22.0 Å². The van der Waals surface area contributed by atoms with E-state index < -0.39 is 34.8 Å². The van der Waals surface area contributed by atoms with Gasteiger partial charge >= 0.3 is 0 Å². The van der Waals surface area contributed by atoms with Gasteiger partial charge in [0.15, 0.2) is 23.3 Å². The second-order valence-corrected chi connectivity index (χ2v) is 4.34. The minimum absolute atomic E-state index is 0.330. The average molecular weight is 266 g/mol. The largest absolute Gasteiger partial charge is 0.376 e. The summed E-state index contributed by atoms with van der Waals surface area (Å²) in [5.41, 5.74) is -0.952. The molecule has 1 aliphatic heterocycles. The molecule has 7 heteroatoms. The van der Waals surface area contributed by atoms with Crippen molar-refractivity contribution in [1.29, 1.82) is 0 Å². The predicted molar refractivity (Wildman–Crippen MR) is 55.8 cm³/mol. The number of hydrogen-bond acceptors (Lipinski definition) is 2. The van der Waals surface area contributed by atoms with Crippen molar-refractivity contribution in [3.8, 4) is 0 Å². The molecule has 1 unspecified atom stereocenters. The van der Waals surface area contributed by atoms with Gasteiger partial charge in [0.05, 0.1) is 0 Å². The van der Waals surface area contributed by atoms with E-state index in [1.54, 1.807) is 7.05 Å². The van der Waals surface area contributed by atoms with Crippen LogP contribution in [0.25, 0.3) is 0 Å². The normalized spacial score (nSPS) is 20.4. The van der Waals surface area contributed by atoms with Crippen molar-refractivity contribution in [2.24, 2.45) is 0 Å². The van der Waals surface area contributed by atoms with Gasteiger partial charge in [0.1, 0.15) is 5.69 Å². The van der Waals surface area contributed by atoms with Crippen LogP contribution >= 0.6 is 0 Å². The van der Waals surface area contributed by atoms with Crippen LogP contribution in [0.2, 0.25) is 0 Å². The molecule has 0 saturated carbocycles. The molecule has 1 fully saturated rings. The number of likely N-dealkylation sites (tertiary alicyclic amines) is 1. The Morgan fingerprint density at radius 3 is 1.89 bits per heavy atom. The maximum absolute atomic E-state index is 13.4. The van der Waals surface area contributed by atoms with Crippen LogP contribution in [0.3, 0.4) is 0 Å². The molecule has 1 aliphatic rings. The van der Waals surface area contributed by atoms with Crippen LogP contribution in [0.4, 0.5) is 27.6 Å². The first-order valence-electron chi connectivity index (χ1n) is 5.38. The van der Waals surface area contributed by atoms with Crippen LogP contribution < -0.4 is 5.32 Å². The summed E-state index contributed by atoms with van der Waals surface area (Å²) in [6.07, 6.45) is 0.579. The van der Waals surface area contributed by atoms with E-state index in [1.807, 2.05) is 4.90 Å². The molecule has 1 atom stereocenters. The minimum Gasteiger partial charge on any atom is -0.376 e. The highest BCUT2D eigenvalue weighted by atomic mass is 19.2.